The third kappa shape index (κ3) is 3.68. The summed E-state index contributed by atoms with van der Waals surface area (Å²) in [5.74, 6) is 1.85. The van der Waals surface area contributed by atoms with Gasteiger partial charge in [0.25, 0.3) is 0 Å². The van der Waals surface area contributed by atoms with Crippen molar-refractivity contribution in [3.63, 3.8) is 0 Å². The van der Waals surface area contributed by atoms with E-state index in [2.05, 4.69) is 25.9 Å². The van der Waals surface area contributed by atoms with E-state index in [-0.39, 0.29) is 11.9 Å². The number of aromatic hydroxyl groups is 1. The molecular formula is C23H20ClN5O3S. The van der Waals surface area contributed by atoms with Gasteiger partial charge in [-0.25, -0.2) is 0 Å². The van der Waals surface area contributed by atoms with E-state index in [1.807, 2.05) is 30.3 Å². The Morgan fingerprint density at radius 3 is 2.52 bits per heavy atom. The third-order valence-electron chi connectivity index (χ3n) is 5.86. The molecule has 0 spiro atoms. The van der Waals surface area contributed by atoms with Crippen LogP contribution in [0.3, 0.4) is 0 Å². The predicted molar refractivity (Wildman–Crippen MR) is 126 cm³/mol. The van der Waals surface area contributed by atoms with Crippen LogP contribution in [0.5, 0.6) is 5.88 Å². The molecule has 4 aromatic heterocycles. The largest absolute Gasteiger partial charge is 0.492 e. The summed E-state index contributed by atoms with van der Waals surface area (Å²) < 4.78 is 12.7. The number of hydrogen-bond donors (Lipinski definition) is 1. The standard InChI is InChI=1S/C23H20ClN5O3S/c24-15-4-1-5-16(14-15)27-8-10-28(11-9-27)19(17-6-2-12-31-17)20-22(30)29-23(33-20)25-21(26-29)18-7-3-13-32-18/h1-7,12-14,19,30H,8-11H2/t19-/m1/s1. The molecule has 0 amide bonds. The van der Waals surface area contributed by atoms with Crippen molar-refractivity contribution < 1.29 is 13.9 Å². The van der Waals surface area contributed by atoms with Gasteiger partial charge in [-0.15, -0.1) is 5.10 Å². The average Bonchev–Trinajstić information content (AvgIpc) is 3.62. The van der Waals surface area contributed by atoms with Crippen molar-refractivity contribution >= 4 is 33.6 Å². The number of nitrogens with zero attached hydrogens (tertiary/aromatic N) is 5. The molecule has 5 heterocycles. The van der Waals surface area contributed by atoms with E-state index < -0.39 is 0 Å². The van der Waals surface area contributed by atoms with Gasteiger partial charge >= 0.3 is 0 Å². The molecule has 168 valence electrons. The van der Waals surface area contributed by atoms with E-state index in [1.165, 1.54) is 15.9 Å². The summed E-state index contributed by atoms with van der Waals surface area (Å²) in [6.07, 6.45) is 3.24. The van der Waals surface area contributed by atoms with Crippen LogP contribution in [0, 0.1) is 0 Å². The normalized spacial score (nSPS) is 16.0. The first-order valence-corrected chi connectivity index (χ1v) is 11.8. The zero-order valence-corrected chi connectivity index (χ0v) is 19.0. The molecule has 6 rings (SSSR count). The number of aromatic nitrogens is 3. The highest BCUT2D eigenvalue weighted by molar-refractivity contribution is 7.17. The van der Waals surface area contributed by atoms with Crippen molar-refractivity contribution in [3.05, 3.63) is 76.7 Å². The van der Waals surface area contributed by atoms with Crippen LogP contribution >= 0.6 is 22.9 Å². The number of fused-ring (bicyclic) bond motifs is 1. The van der Waals surface area contributed by atoms with Crippen LogP contribution in [-0.4, -0.2) is 50.8 Å². The van der Waals surface area contributed by atoms with E-state index in [1.54, 1.807) is 24.7 Å². The third-order valence-corrected chi connectivity index (χ3v) is 7.16. The molecular weight excluding hydrogens is 462 g/mol. The Morgan fingerprint density at radius 2 is 1.82 bits per heavy atom. The van der Waals surface area contributed by atoms with E-state index in [0.717, 1.165) is 47.5 Å². The van der Waals surface area contributed by atoms with Gasteiger partial charge in [0.2, 0.25) is 16.7 Å². The Morgan fingerprint density at radius 1 is 1.00 bits per heavy atom. The molecule has 1 atom stereocenters. The lowest BCUT2D eigenvalue weighted by molar-refractivity contribution is 0.191. The first-order chi connectivity index (χ1) is 16.2. The number of thiazole rings is 1. The molecule has 0 unspecified atom stereocenters. The molecule has 1 aliphatic heterocycles. The van der Waals surface area contributed by atoms with Crippen LogP contribution in [-0.2, 0) is 0 Å². The van der Waals surface area contributed by atoms with Gasteiger partial charge < -0.3 is 18.8 Å². The van der Waals surface area contributed by atoms with Gasteiger partial charge in [0.05, 0.1) is 17.4 Å². The summed E-state index contributed by atoms with van der Waals surface area (Å²) in [4.78, 5) is 10.5. The van der Waals surface area contributed by atoms with Gasteiger partial charge in [-0.3, -0.25) is 4.90 Å². The minimum atomic E-state index is -0.234. The van der Waals surface area contributed by atoms with Crippen LogP contribution in [0.1, 0.15) is 16.7 Å². The maximum Gasteiger partial charge on any atom is 0.230 e. The summed E-state index contributed by atoms with van der Waals surface area (Å²) in [5, 5.41) is 16.3. The van der Waals surface area contributed by atoms with Crippen molar-refractivity contribution in [2.75, 3.05) is 31.1 Å². The highest BCUT2D eigenvalue weighted by Gasteiger charge is 2.33. The molecule has 8 nitrogen and oxygen atoms in total. The fraction of sp³-hybridized carbons (Fsp3) is 0.217. The Balaban J connectivity index is 1.30. The lowest BCUT2D eigenvalue weighted by Gasteiger charge is -2.39. The second-order valence-corrected chi connectivity index (χ2v) is 9.26. The van der Waals surface area contributed by atoms with Gasteiger partial charge in [0.15, 0.2) is 5.76 Å². The smallest absolute Gasteiger partial charge is 0.230 e. The molecule has 0 aliphatic carbocycles. The van der Waals surface area contributed by atoms with Gasteiger partial charge in [0, 0.05) is 36.9 Å². The molecule has 10 heteroatoms. The number of hydrogen-bond acceptors (Lipinski definition) is 8. The van der Waals surface area contributed by atoms with Crippen LogP contribution in [0.2, 0.25) is 5.02 Å². The summed E-state index contributed by atoms with van der Waals surface area (Å²) in [6, 6.07) is 15.1. The summed E-state index contributed by atoms with van der Waals surface area (Å²) >= 11 is 7.59. The Labute approximate surface area is 198 Å². The molecule has 5 aromatic rings. The van der Waals surface area contributed by atoms with Crippen molar-refractivity contribution in [2.24, 2.45) is 0 Å². The number of piperazine rings is 1. The van der Waals surface area contributed by atoms with Crippen LogP contribution in [0.15, 0.2) is 69.9 Å². The van der Waals surface area contributed by atoms with Gasteiger partial charge in [-0.1, -0.05) is 29.0 Å². The molecule has 1 aromatic carbocycles. The SMILES string of the molecule is Oc1c([C@@H](c2ccco2)N2CCN(c3cccc(Cl)c3)CC2)sc2nc(-c3ccco3)nn12. The van der Waals surface area contributed by atoms with Crippen LogP contribution in [0.4, 0.5) is 5.69 Å². The molecule has 0 saturated carbocycles. The highest BCUT2D eigenvalue weighted by Crippen LogP contribution is 2.41. The zero-order valence-electron chi connectivity index (χ0n) is 17.5. The zero-order chi connectivity index (χ0) is 22.4. The fourth-order valence-corrected chi connectivity index (χ4v) is 5.55. The topological polar surface area (TPSA) is 83.2 Å². The Kier molecular flexibility index (Phi) is 5.09. The monoisotopic (exact) mass is 481 g/mol. The van der Waals surface area contributed by atoms with Crippen molar-refractivity contribution in [1.29, 1.82) is 0 Å². The molecule has 0 radical (unpaired) electrons. The maximum atomic E-state index is 11.1. The van der Waals surface area contributed by atoms with E-state index >= 15 is 0 Å². The quantitative estimate of drug-likeness (QED) is 0.381. The number of furan rings is 2. The van der Waals surface area contributed by atoms with Crippen molar-refractivity contribution in [3.8, 4) is 17.5 Å². The van der Waals surface area contributed by atoms with Crippen LogP contribution in [0.25, 0.3) is 16.5 Å². The second-order valence-electron chi connectivity index (χ2n) is 7.82. The maximum absolute atomic E-state index is 11.1. The number of halogens is 1. The van der Waals surface area contributed by atoms with Crippen molar-refractivity contribution in [2.45, 2.75) is 6.04 Å². The van der Waals surface area contributed by atoms with E-state index in [9.17, 15) is 5.11 Å². The van der Waals surface area contributed by atoms with Gasteiger partial charge in [0.1, 0.15) is 11.8 Å². The van der Waals surface area contributed by atoms with E-state index in [0.29, 0.717) is 16.5 Å². The summed E-state index contributed by atoms with van der Waals surface area (Å²) in [5.41, 5.74) is 1.11. The second kappa shape index (κ2) is 8.26. The van der Waals surface area contributed by atoms with Crippen molar-refractivity contribution in [1.82, 2.24) is 19.5 Å². The fourth-order valence-electron chi connectivity index (χ4n) is 4.27. The summed E-state index contributed by atoms with van der Waals surface area (Å²) in [6.45, 7) is 3.26. The Bertz CT molecular complexity index is 1370. The van der Waals surface area contributed by atoms with E-state index in [4.69, 9.17) is 20.4 Å². The number of anilines is 1. The summed E-state index contributed by atoms with van der Waals surface area (Å²) in [7, 11) is 0. The van der Waals surface area contributed by atoms with Gasteiger partial charge in [-0.05, 0) is 42.5 Å². The predicted octanol–water partition coefficient (Wildman–Crippen LogP) is 4.91. The van der Waals surface area contributed by atoms with Gasteiger partial charge in [-0.2, -0.15) is 9.50 Å². The minimum Gasteiger partial charge on any atom is -0.492 e. The average molecular weight is 482 g/mol. The Hall–Kier alpha value is -3.27. The first kappa shape index (κ1) is 20.3. The van der Waals surface area contributed by atoms with Crippen LogP contribution < -0.4 is 4.90 Å². The molecule has 0 bridgehead atoms. The molecule has 1 N–H and O–H groups in total. The number of benzene rings is 1. The molecule has 1 aliphatic rings. The molecule has 1 fully saturated rings. The number of rotatable bonds is 5. The lowest BCUT2D eigenvalue weighted by atomic mass is 10.1. The minimum absolute atomic E-state index is 0.0685. The highest BCUT2D eigenvalue weighted by atomic mass is 35.5. The molecule has 33 heavy (non-hydrogen) atoms. The molecule has 1 saturated heterocycles. The lowest BCUT2D eigenvalue weighted by Crippen LogP contribution is -2.47. The first-order valence-electron chi connectivity index (χ1n) is 10.6.